The second-order valence-corrected chi connectivity index (χ2v) is 3.39. The highest BCUT2D eigenvalue weighted by molar-refractivity contribution is 5.82. The van der Waals surface area contributed by atoms with Gasteiger partial charge in [0.05, 0.1) is 5.69 Å². The Morgan fingerprint density at radius 1 is 1.36 bits per heavy atom. The number of rotatable bonds is 0. The van der Waals surface area contributed by atoms with Crippen LogP contribution in [-0.2, 0) is 17.6 Å². The van der Waals surface area contributed by atoms with Crippen molar-refractivity contribution in [3.63, 3.8) is 0 Å². The van der Waals surface area contributed by atoms with Crippen LogP contribution in [-0.4, -0.2) is 15.6 Å². The summed E-state index contributed by atoms with van der Waals surface area (Å²) < 4.78 is 13.1. The van der Waals surface area contributed by atoms with Gasteiger partial charge < -0.3 is 0 Å². The van der Waals surface area contributed by atoms with E-state index in [2.05, 4.69) is 4.98 Å². The maximum absolute atomic E-state index is 13.1. The van der Waals surface area contributed by atoms with E-state index in [0.717, 1.165) is 0 Å². The van der Waals surface area contributed by atoms with Crippen molar-refractivity contribution in [3.05, 3.63) is 27.4 Å². The van der Waals surface area contributed by atoms with E-state index in [9.17, 15) is 14.1 Å². The lowest BCUT2D eigenvalue weighted by molar-refractivity contribution is -0.118. The molecule has 1 aromatic rings. The molecule has 0 amide bonds. The topological polar surface area (TPSA) is 52.0 Å². The van der Waals surface area contributed by atoms with Crippen LogP contribution in [0.5, 0.6) is 0 Å². The number of halogens is 1. The second kappa shape index (κ2) is 3.01. The van der Waals surface area contributed by atoms with E-state index < -0.39 is 5.56 Å². The molecule has 0 bridgehead atoms. The molecule has 4 nitrogen and oxygen atoms in total. The number of hydrogen-bond donors (Lipinski definition) is 0. The van der Waals surface area contributed by atoms with E-state index in [0.29, 0.717) is 18.5 Å². The second-order valence-electron chi connectivity index (χ2n) is 3.39. The van der Waals surface area contributed by atoms with Crippen LogP contribution in [0.15, 0.2) is 4.79 Å². The predicted molar refractivity (Wildman–Crippen MR) is 46.8 cm³/mol. The number of fused-ring (bicyclic) bond motifs is 1. The minimum atomic E-state index is -0.736. The Kier molecular flexibility index (Phi) is 1.94. The van der Waals surface area contributed by atoms with Crippen LogP contribution in [0.2, 0.25) is 0 Å². The van der Waals surface area contributed by atoms with Crippen molar-refractivity contribution in [3.8, 4) is 0 Å². The summed E-state index contributed by atoms with van der Waals surface area (Å²) in [4.78, 5) is 26.4. The van der Waals surface area contributed by atoms with Crippen molar-refractivity contribution in [2.45, 2.75) is 26.2 Å². The van der Waals surface area contributed by atoms with E-state index in [1.54, 1.807) is 0 Å². The van der Waals surface area contributed by atoms with Gasteiger partial charge >= 0.3 is 0 Å². The van der Waals surface area contributed by atoms with Gasteiger partial charge in [0.2, 0.25) is 0 Å². The van der Waals surface area contributed by atoms with Gasteiger partial charge in [-0.25, -0.2) is 4.98 Å². The largest absolute Gasteiger partial charge is 0.299 e. The highest BCUT2D eigenvalue weighted by Gasteiger charge is 2.22. The van der Waals surface area contributed by atoms with E-state index in [-0.39, 0.29) is 28.4 Å². The zero-order valence-corrected chi connectivity index (χ0v) is 7.71. The SMILES string of the molecule is Cc1nc2c(c(=O)n1F)CC(=O)CC2. The zero-order valence-electron chi connectivity index (χ0n) is 7.71. The molecule has 1 aliphatic rings. The van der Waals surface area contributed by atoms with E-state index in [1.807, 2.05) is 0 Å². The lowest BCUT2D eigenvalue weighted by atomic mass is 9.96. The first-order chi connectivity index (χ1) is 6.59. The Bertz CT molecular complexity index is 465. The summed E-state index contributed by atoms with van der Waals surface area (Å²) in [5, 5.41) is 0. The molecule has 1 aliphatic carbocycles. The first-order valence-electron chi connectivity index (χ1n) is 4.39. The van der Waals surface area contributed by atoms with Crippen LogP contribution < -0.4 is 5.56 Å². The molecule has 0 spiro atoms. The molecule has 14 heavy (non-hydrogen) atoms. The molecule has 0 atom stereocenters. The molecule has 0 N–H and O–H groups in total. The van der Waals surface area contributed by atoms with Crippen LogP contribution in [0.4, 0.5) is 4.48 Å². The molecule has 1 aromatic heterocycles. The average Bonchev–Trinajstić information content (AvgIpc) is 2.16. The molecule has 0 aromatic carbocycles. The smallest absolute Gasteiger partial charge is 0.285 e. The molecular formula is C9H9FN2O2. The van der Waals surface area contributed by atoms with Crippen molar-refractivity contribution in [2.24, 2.45) is 0 Å². The fourth-order valence-corrected chi connectivity index (χ4v) is 1.62. The lowest BCUT2D eigenvalue weighted by Gasteiger charge is -2.13. The van der Waals surface area contributed by atoms with Gasteiger partial charge in [-0.3, -0.25) is 9.59 Å². The summed E-state index contributed by atoms with van der Waals surface area (Å²) in [5.41, 5.74) is 0.0518. The Hall–Kier alpha value is -1.52. The molecule has 0 unspecified atom stereocenters. The summed E-state index contributed by atoms with van der Waals surface area (Å²) >= 11 is 0. The summed E-state index contributed by atoms with van der Waals surface area (Å²) in [6.45, 7) is 1.43. The molecular weight excluding hydrogens is 187 g/mol. The van der Waals surface area contributed by atoms with Crippen LogP contribution in [0.1, 0.15) is 23.5 Å². The maximum Gasteiger partial charge on any atom is 0.285 e. The standard InChI is InChI=1S/C9H9FN2O2/c1-5-11-8-3-2-6(13)4-7(8)9(14)12(5)10/h2-4H2,1H3. The Morgan fingerprint density at radius 2 is 2.07 bits per heavy atom. The van der Waals surface area contributed by atoms with Crippen molar-refractivity contribution >= 4 is 5.78 Å². The first kappa shape index (κ1) is 9.05. The molecule has 74 valence electrons. The van der Waals surface area contributed by atoms with Crippen molar-refractivity contribution in [2.75, 3.05) is 0 Å². The lowest BCUT2D eigenvalue weighted by Crippen LogP contribution is -2.29. The minimum absolute atomic E-state index is 0.00255. The molecule has 0 saturated carbocycles. The monoisotopic (exact) mass is 196 g/mol. The van der Waals surface area contributed by atoms with E-state index in [4.69, 9.17) is 0 Å². The van der Waals surface area contributed by atoms with E-state index in [1.165, 1.54) is 6.92 Å². The number of Topliss-reactive ketones (excluding diaryl/α,β-unsaturated/α-hetero) is 1. The van der Waals surface area contributed by atoms with Gasteiger partial charge in [-0.2, -0.15) is 0 Å². The highest BCUT2D eigenvalue weighted by Crippen LogP contribution is 2.13. The number of nitrogens with zero attached hydrogens (tertiary/aromatic N) is 2. The van der Waals surface area contributed by atoms with Crippen molar-refractivity contribution < 1.29 is 9.28 Å². The van der Waals surface area contributed by atoms with Gasteiger partial charge in [0.1, 0.15) is 11.6 Å². The minimum Gasteiger partial charge on any atom is -0.299 e. The van der Waals surface area contributed by atoms with E-state index >= 15 is 0 Å². The number of aromatic nitrogens is 2. The maximum atomic E-state index is 13.1. The van der Waals surface area contributed by atoms with Gasteiger partial charge in [-0.15, -0.1) is 4.79 Å². The Labute approximate surface area is 79.3 Å². The first-order valence-corrected chi connectivity index (χ1v) is 4.39. The Morgan fingerprint density at radius 3 is 2.79 bits per heavy atom. The molecule has 0 fully saturated rings. The van der Waals surface area contributed by atoms with Crippen LogP contribution in [0.3, 0.4) is 0 Å². The fourth-order valence-electron chi connectivity index (χ4n) is 1.62. The number of hydrogen-bond acceptors (Lipinski definition) is 3. The highest BCUT2D eigenvalue weighted by atomic mass is 19.2. The molecule has 0 saturated heterocycles. The Balaban J connectivity index is 2.67. The van der Waals surface area contributed by atoms with Crippen LogP contribution in [0, 0.1) is 6.92 Å². The summed E-state index contributed by atoms with van der Waals surface area (Å²) in [6, 6.07) is 0. The van der Waals surface area contributed by atoms with Gasteiger partial charge in [-0.05, 0) is 13.3 Å². The predicted octanol–water partition coefficient (Wildman–Crippen LogP) is 0.342. The molecule has 0 aliphatic heterocycles. The van der Waals surface area contributed by atoms with Gasteiger partial charge in [-0.1, -0.05) is 4.48 Å². The molecule has 0 radical (unpaired) electrons. The number of ketones is 1. The number of carbonyl (C=O) groups is 1. The zero-order chi connectivity index (χ0) is 10.3. The normalized spacial score (nSPS) is 15.4. The van der Waals surface area contributed by atoms with Crippen LogP contribution in [0.25, 0.3) is 0 Å². The summed E-state index contributed by atoms with van der Waals surface area (Å²) in [7, 11) is 0. The number of aryl methyl sites for hydroxylation is 2. The molecule has 2 rings (SSSR count). The average molecular weight is 196 g/mol. The van der Waals surface area contributed by atoms with Gasteiger partial charge in [0, 0.05) is 18.4 Å². The van der Waals surface area contributed by atoms with Crippen LogP contribution >= 0.6 is 0 Å². The summed E-state index contributed by atoms with van der Waals surface area (Å²) in [5.74, 6) is 0.0170. The van der Waals surface area contributed by atoms with Gasteiger partial charge in [0.15, 0.2) is 0 Å². The third kappa shape index (κ3) is 1.25. The number of carbonyl (C=O) groups excluding carboxylic acids is 1. The third-order valence-corrected chi connectivity index (χ3v) is 2.38. The van der Waals surface area contributed by atoms with Crippen molar-refractivity contribution in [1.29, 1.82) is 0 Å². The molecule has 5 heteroatoms. The third-order valence-electron chi connectivity index (χ3n) is 2.38. The fraction of sp³-hybridized carbons (Fsp3) is 0.444. The summed E-state index contributed by atoms with van der Waals surface area (Å²) in [6.07, 6.45) is 0.867. The quantitative estimate of drug-likeness (QED) is 0.601. The van der Waals surface area contributed by atoms with Crippen molar-refractivity contribution in [1.82, 2.24) is 9.77 Å². The molecule has 1 heterocycles. The van der Waals surface area contributed by atoms with Gasteiger partial charge in [0.25, 0.3) is 5.56 Å².